The summed E-state index contributed by atoms with van der Waals surface area (Å²) in [6.45, 7) is 6.89. The number of benzene rings is 3. The van der Waals surface area contributed by atoms with Gasteiger partial charge in [-0.05, 0) is 55.2 Å². The molecule has 0 atom stereocenters. The van der Waals surface area contributed by atoms with E-state index < -0.39 is 0 Å². The number of hydrogen-bond donors (Lipinski definition) is 1. The van der Waals surface area contributed by atoms with Crippen LogP contribution in [0.25, 0.3) is 0 Å². The Bertz CT molecular complexity index is 1200. The first-order valence-electron chi connectivity index (χ1n) is 33.4. The SMILES string of the molecule is CCCCCCCCCCCCCCCCCCc1ccccc1.CCCCCCCCCCCCCCCCCCc1ccccc1.CCCCCCCCCCCCCCCCCCc1ccccc1.CO. The third kappa shape index (κ3) is 57.3. The van der Waals surface area contributed by atoms with Crippen molar-refractivity contribution in [1.29, 1.82) is 0 Å². The van der Waals surface area contributed by atoms with Crippen LogP contribution in [0.5, 0.6) is 0 Å². The Kier molecular flexibility index (Phi) is 62.8. The Hall–Kier alpha value is -2.38. The molecule has 0 radical (unpaired) electrons. The molecule has 0 unspecified atom stereocenters. The zero-order chi connectivity index (χ0) is 53.4. The predicted octanol–water partition coefficient (Wildman–Crippen LogP) is 25.1. The summed E-state index contributed by atoms with van der Waals surface area (Å²) in [7, 11) is 1.00. The van der Waals surface area contributed by atoms with Crippen molar-refractivity contribution in [3.05, 3.63) is 108 Å². The summed E-state index contributed by atoms with van der Waals surface area (Å²) in [5, 5.41) is 7.00. The van der Waals surface area contributed by atoms with Gasteiger partial charge in [0, 0.05) is 7.11 Å². The first-order chi connectivity index (χ1) is 36.8. The van der Waals surface area contributed by atoms with Crippen molar-refractivity contribution in [2.24, 2.45) is 0 Å². The summed E-state index contributed by atoms with van der Waals surface area (Å²) in [5.41, 5.74) is 4.51. The van der Waals surface area contributed by atoms with Crippen LogP contribution in [0.3, 0.4) is 0 Å². The quantitative estimate of drug-likeness (QED) is 0.0559. The van der Waals surface area contributed by atoms with E-state index in [9.17, 15) is 0 Å². The molecule has 3 aromatic rings. The van der Waals surface area contributed by atoms with Crippen molar-refractivity contribution in [3.8, 4) is 0 Å². The maximum Gasteiger partial charge on any atom is 0.0319 e. The van der Waals surface area contributed by atoms with Crippen molar-refractivity contribution in [2.45, 2.75) is 348 Å². The van der Waals surface area contributed by atoms with Crippen molar-refractivity contribution < 1.29 is 5.11 Å². The standard InChI is InChI=1S/3C24H42.CH4O/c3*1-2-3-4-5-6-7-8-9-10-11-12-13-14-15-16-18-21-24-22-19-17-20-23-24;1-2/h3*17,19-20,22-23H,2-16,18,21H2,1H3;2H,1H3. The van der Waals surface area contributed by atoms with E-state index in [0.29, 0.717) is 0 Å². The van der Waals surface area contributed by atoms with Gasteiger partial charge in [-0.2, -0.15) is 0 Å². The number of aryl methyl sites for hydroxylation is 3. The second-order valence-corrected chi connectivity index (χ2v) is 22.6. The lowest BCUT2D eigenvalue weighted by molar-refractivity contribution is 0.399. The molecule has 1 N–H and O–H groups in total. The van der Waals surface area contributed by atoms with Gasteiger partial charge in [0.15, 0.2) is 0 Å². The molecular weight excluding hydrogens is 893 g/mol. The average molecular weight is 1020 g/mol. The lowest BCUT2D eigenvalue weighted by Crippen LogP contribution is -1.86. The summed E-state index contributed by atoms with van der Waals surface area (Å²) in [5.74, 6) is 0. The second-order valence-electron chi connectivity index (χ2n) is 22.6. The minimum atomic E-state index is 1.00. The van der Waals surface area contributed by atoms with Crippen LogP contribution in [0.4, 0.5) is 0 Å². The third-order valence-corrected chi connectivity index (χ3v) is 15.5. The second kappa shape index (κ2) is 64.9. The van der Waals surface area contributed by atoms with Gasteiger partial charge in [-0.1, -0.05) is 401 Å². The monoisotopic (exact) mass is 1020 g/mol. The van der Waals surface area contributed by atoms with Gasteiger partial charge in [0.2, 0.25) is 0 Å². The molecule has 0 heterocycles. The van der Waals surface area contributed by atoms with E-state index in [4.69, 9.17) is 5.11 Å². The van der Waals surface area contributed by atoms with E-state index in [0.717, 1.165) is 7.11 Å². The van der Waals surface area contributed by atoms with Crippen LogP contribution < -0.4 is 0 Å². The van der Waals surface area contributed by atoms with Crippen LogP contribution in [0.15, 0.2) is 91.0 Å². The molecule has 0 spiro atoms. The van der Waals surface area contributed by atoms with E-state index in [1.807, 2.05) is 0 Å². The molecule has 0 saturated carbocycles. The van der Waals surface area contributed by atoms with Crippen molar-refractivity contribution in [1.82, 2.24) is 0 Å². The molecule has 0 aliphatic heterocycles. The molecule has 1 nitrogen and oxygen atoms in total. The third-order valence-electron chi connectivity index (χ3n) is 15.5. The normalized spacial score (nSPS) is 10.8. The Balaban J connectivity index is 0.00000106. The number of aliphatic hydroxyl groups excluding tert-OH is 1. The predicted molar refractivity (Wildman–Crippen MR) is 337 cm³/mol. The van der Waals surface area contributed by atoms with Gasteiger partial charge in [0.1, 0.15) is 0 Å². The number of hydrogen-bond acceptors (Lipinski definition) is 1. The maximum atomic E-state index is 7.00. The molecule has 0 aromatic heterocycles. The molecule has 3 aromatic carbocycles. The highest BCUT2D eigenvalue weighted by molar-refractivity contribution is 5.16. The molecule has 3 rings (SSSR count). The average Bonchev–Trinajstić information content (AvgIpc) is 3.44. The van der Waals surface area contributed by atoms with Gasteiger partial charge in [-0.25, -0.2) is 0 Å². The van der Waals surface area contributed by atoms with Gasteiger partial charge in [0.25, 0.3) is 0 Å². The van der Waals surface area contributed by atoms with Gasteiger partial charge >= 0.3 is 0 Å². The molecule has 0 fully saturated rings. The number of unbranched alkanes of at least 4 members (excludes halogenated alkanes) is 45. The zero-order valence-corrected chi connectivity index (χ0v) is 50.7. The van der Waals surface area contributed by atoms with E-state index in [2.05, 4.69) is 112 Å². The van der Waals surface area contributed by atoms with E-state index in [-0.39, 0.29) is 0 Å². The Labute approximate surface area is 465 Å². The van der Waals surface area contributed by atoms with E-state index in [1.165, 1.54) is 344 Å². The zero-order valence-electron chi connectivity index (χ0n) is 50.7. The Morgan fingerprint density at radius 3 is 0.432 bits per heavy atom. The molecule has 0 amide bonds. The maximum absolute atomic E-state index is 7.00. The highest BCUT2D eigenvalue weighted by Crippen LogP contribution is 2.18. The van der Waals surface area contributed by atoms with Crippen molar-refractivity contribution >= 4 is 0 Å². The molecule has 1 heteroatoms. The minimum absolute atomic E-state index is 1.00. The summed E-state index contributed by atoms with van der Waals surface area (Å²) in [4.78, 5) is 0. The molecule has 0 aliphatic rings. The highest BCUT2D eigenvalue weighted by Gasteiger charge is 1.99. The van der Waals surface area contributed by atoms with E-state index >= 15 is 0 Å². The van der Waals surface area contributed by atoms with Crippen molar-refractivity contribution in [3.63, 3.8) is 0 Å². The molecule has 0 aliphatic carbocycles. The fourth-order valence-electron chi connectivity index (χ4n) is 10.6. The fraction of sp³-hybridized carbons (Fsp3) is 0.753. The lowest BCUT2D eigenvalue weighted by atomic mass is 10.0. The number of aliphatic hydroxyl groups is 1. The first kappa shape index (κ1) is 71.6. The highest BCUT2D eigenvalue weighted by atomic mass is 16.2. The molecular formula is C73H130O. The molecule has 74 heavy (non-hydrogen) atoms. The minimum Gasteiger partial charge on any atom is -0.400 e. The first-order valence-corrected chi connectivity index (χ1v) is 33.4. The van der Waals surface area contributed by atoms with Gasteiger partial charge in [-0.3, -0.25) is 0 Å². The van der Waals surface area contributed by atoms with Crippen LogP contribution in [0, 0.1) is 0 Å². The van der Waals surface area contributed by atoms with E-state index in [1.54, 1.807) is 0 Å². The lowest BCUT2D eigenvalue weighted by Gasteiger charge is -2.04. The van der Waals surface area contributed by atoms with Crippen LogP contribution in [0.2, 0.25) is 0 Å². The van der Waals surface area contributed by atoms with Gasteiger partial charge in [0.05, 0.1) is 0 Å². The smallest absolute Gasteiger partial charge is 0.0319 e. The van der Waals surface area contributed by atoms with Gasteiger partial charge < -0.3 is 5.11 Å². The summed E-state index contributed by atoms with van der Waals surface area (Å²) in [6, 6.07) is 32.8. The van der Waals surface area contributed by atoms with Crippen LogP contribution in [-0.2, 0) is 19.3 Å². The Morgan fingerprint density at radius 2 is 0.297 bits per heavy atom. The summed E-state index contributed by atoms with van der Waals surface area (Å²) in [6.07, 6.45) is 73.3. The largest absolute Gasteiger partial charge is 0.400 e. The topological polar surface area (TPSA) is 20.2 Å². The number of rotatable bonds is 51. The molecule has 0 saturated heterocycles. The van der Waals surface area contributed by atoms with Crippen LogP contribution in [-0.4, -0.2) is 12.2 Å². The fourth-order valence-corrected chi connectivity index (χ4v) is 10.6. The Morgan fingerprint density at radius 1 is 0.176 bits per heavy atom. The summed E-state index contributed by atoms with van der Waals surface area (Å²) >= 11 is 0. The van der Waals surface area contributed by atoms with Gasteiger partial charge in [-0.15, -0.1) is 0 Å². The molecule has 428 valence electrons. The molecule has 0 bridgehead atoms. The van der Waals surface area contributed by atoms with Crippen LogP contribution >= 0.6 is 0 Å². The van der Waals surface area contributed by atoms with Crippen molar-refractivity contribution in [2.75, 3.05) is 7.11 Å². The van der Waals surface area contributed by atoms with Crippen LogP contribution in [0.1, 0.15) is 346 Å². The summed E-state index contributed by atoms with van der Waals surface area (Å²) < 4.78 is 0.